The summed E-state index contributed by atoms with van der Waals surface area (Å²) in [6, 6.07) is 0. The Labute approximate surface area is 139 Å². The average Bonchev–Trinajstić information content (AvgIpc) is 2.95. The summed E-state index contributed by atoms with van der Waals surface area (Å²) in [5.74, 6) is 0.136. The molecule has 1 aliphatic carbocycles. The van der Waals surface area contributed by atoms with Crippen LogP contribution in [0, 0.1) is 5.92 Å². The summed E-state index contributed by atoms with van der Waals surface area (Å²) in [6.07, 6.45) is 2.74. The van der Waals surface area contributed by atoms with Crippen LogP contribution in [0.5, 0.6) is 0 Å². The average molecular weight is 347 g/mol. The number of aryl methyl sites for hydroxylation is 1. The van der Waals surface area contributed by atoms with Gasteiger partial charge in [0.15, 0.2) is 5.69 Å². The Morgan fingerprint density at radius 3 is 2.67 bits per heavy atom. The van der Waals surface area contributed by atoms with E-state index in [0.717, 1.165) is 17.5 Å². The molecule has 1 heterocycles. The fourth-order valence-corrected chi connectivity index (χ4v) is 3.09. The molecule has 0 atom stereocenters. The fraction of sp³-hybridized carbons (Fsp3) is 0.750. The maximum Gasteiger partial charge on any atom is 0.435 e. The quantitative estimate of drug-likeness (QED) is 0.796. The van der Waals surface area contributed by atoms with E-state index < -0.39 is 11.9 Å². The van der Waals surface area contributed by atoms with Gasteiger partial charge in [0.2, 0.25) is 5.91 Å². The van der Waals surface area contributed by atoms with Gasteiger partial charge >= 0.3 is 6.18 Å². The highest BCUT2D eigenvalue weighted by Crippen LogP contribution is 2.31. The molecule has 24 heavy (non-hydrogen) atoms. The van der Waals surface area contributed by atoms with E-state index in [0.29, 0.717) is 12.5 Å². The van der Waals surface area contributed by atoms with Gasteiger partial charge in [0.1, 0.15) is 6.54 Å². The monoisotopic (exact) mass is 347 g/mol. The van der Waals surface area contributed by atoms with E-state index in [9.17, 15) is 18.0 Å². The standard InChI is InChI=1S/C16H24F3N3O2/c17-16(18,19)15-13(7-4-8-23)10-22(21-15)11-14(24)20-9-12-5-2-1-3-6-12/h10,12,23H,1-9,11H2,(H,20,24). The molecule has 1 amide bonds. The minimum absolute atomic E-state index is 0.0108. The molecule has 0 unspecified atom stereocenters. The molecule has 0 saturated heterocycles. The van der Waals surface area contributed by atoms with Crippen molar-refractivity contribution >= 4 is 5.91 Å². The maximum absolute atomic E-state index is 13.0. The second kappa shape index (κ2) is 8.50. The van der Waals surface area contributed by atoms with E-state index >= 15 is 0 Å². The summed E-state index contributed by atoms with van der Waals surface area (Å²) >= 11 is 0. The number of nitrogens with zero attached hydrogens (tertiary/aromatic N) is 2. The highest BCUT2D eigenvalue weighted by molar-refractivity contribution is 5.75. The van der Waals surface area contributed by atoms with Gasteiger partial charge in [-0.05, 0) is 31.6 Å². The maximum atomic E-state index is 13.0. The first kappa shape index (κ1) is 18.8. The number of nitrogens with one attached hydrogen (secondary N) is 1. The lowest BCUT2D eigenvalue weighted by molar-refractivity contribution is -0.142. The number of alkyl halides is 3. The molecule has 1 aromatic rings. The first-order chi connectivity index (χ1) is 11.4. The molecule has 1 aromatic heterocycles. The second-order valence-electron chi connectivity index (χ2n) is 6.33. The van der Waals surface area contributed by atoms with Crippen LogP contribution in [-0.2, 0) is 23.9 Å². The number of aromatic nitrogens is 2. The van der Waals surface area contributed by atoms with Gasteiger partial charge in [-0.25, -0.2) is 0 Å². The van der Waals surface area contributed by atoms with Crippen molar-refractivity contribution in [3.63, 3.8) is 0 Å². The van der Waals surface area contributed by atoms with Crippen molar-refractivity contribution in [1.29, 1.82) is 0 Å². The van der Waals surface area contributed by atoms with Gasteiger partial charge in [0.25, 0.3) is 0 Å². The summed E-state index contributed by atoms with van der Waals surface area (Å²) in [5, 5.41) is 15.1. The molecule has 2 N–H and O–H groups in total. The molecule has 1 saturated carbocycles. The van der Waals surface area contributed by atoms with Crippen LogP contribution in [0.3, 0.4) is 0 Å². The first-order valence-corrected chi connectivity index (χ1v) is 8.41. The number of carbonyl (C=O) groups is 1. The van der Waals surface area contributed by atoms with E-state index in [2.05, 4.69) is 10.4 Å². The van der Waals surface area contributed by atoms with Crippen molar-refractivity contribution in [3.8, 4) is 0 Å². The number of aliphatic hydroxyl groups is 1. The third kappa shape index (κ3) is 5.51. The molecular weight excluding hydrogens is 323 g/mol. The van der Waals surface area contributed by atoms with Gasteiger partial charge in [0.05, 0.1) is 0 Å². The molecule has 0 spiro atoms. The van der Waals surface area contributed by atoms with Gasteiger partial charge < -0.3 is 10.4 Å². The predicted octanol–water partition coefficient (Wildman–Crippen LogP) is 2.52. The third-order valence-electron chi connectivity index (χ3n) is 4.33. The van der Waals surface area contributed by atoms with Crippen LogP contribution < -0.4 is 5.32 Å². The van der Waals surface area contributed by atoms with Crippen LogP contribution in [0.1, 0.15) is 49.8 Å². The highest BCUT2D eigenvalue weighted by Gasteiger charge is 2.37. The third-order valence-corrected chi connectivity index (χ3v) is 4.33. The number of aliphatic hydroxyl groups excluding tert-OH is 1. The summed E-state index contributed by atoms with van der Waals surface area (Å²) in [7, 11) is 0. The van der Waals surface area contributed by atoms with E-state index in [1.54, 1.807) is 0 Å². The van der Waals surface area contributed by atoms with Crippen molar-refractivity contribution < 1.29 is 23.1 Å². The van der Waals surface area contributed by atoms with Crippen LogP contribution >= 0.6 is 0 Å². The molecule has 136 valence electrons. The second-order valence-corrected chi connectivity index (χ2v) is 6.33. The Bertz CT molecular complexity index is 537. The van der Waals surface area contributed by atoms with Crippen LogP contribution in [0.25, 0.3) is 0 Å². The van der Waals surface area contributed by atoms with E-state index in [1.807, 2.05) is 0 Å². The van der Waals surface area contributed by atoms with Crippen LogP contribution in [0.2, 0.25) is 0 Å². The van der Waals surface area contributed by atoms with Crippen molar-refractivity contribution in [2.75, 3.05) is 13.2 Å². The van der Waals surface area contributed by atoms with Crippen molar-refractivity contribution in [2.24, 2.45) is 5.92 Å². The van der Waals surface area contributed by atoms with Gasteiger partial charge in [-0.1, -0.05) is 19.3 Å². The lowest BCUT2D eigenvalue weighted by Crippen LogP contribution is -2.33. The predicted molar refractivity (Wildman–Crippen MR) is 82.2 cm³/mol. The Morgan fingerprint density at radius 1 is 1.33 bits per heavy atom. The molecular formula is C16H24F3N3O2. The highest BCUT2D eigenvalue weighted by atomic mass is 19.4. The number of hydrogen-bond donors (Lipinski definition) is 2. The molecule has 5 nitrogen and oxygen atoms in total. The van der Waals surface area contributed by atoms with Crippen LogP contribution in [0.15, 0.2) is 6.20 Å². The van der Waals surface area contributed by atoms with Crippen molar-refractivity contribution in [2.45, 2.75) is 57.7 Å². The Balaban J connectivity index is 1.92. The first-order valence-electron chi connectivity index (χ1n) is 8.41. The Hall–Kier alpha value is -1.57. The molecule has 0 aromatic carbocycles. The van der Waals surface area contributed by atoms with Crippen LogP contribution in [0.4, 0.5) is 13.2 Å². The number of halogens is 3. The van der Waals surface area contributed by atoms with Crippen molar-refractivity contribution in [1.82, 2.24) is 15.1 Å². The van der Waals surface area contributed by atoms with Gasteiger partial charge in [-0.3, -0.25) is 9.48 Å². The zero-order chi connectivity index (χ0) is 17.6. The Kier molecular flexibility index (Phi) is 6.65. The molecule has 1 aliphatic rings. The number of rotatable bonds is 7. The van der Waals surface area contributed by atoms with Crippen LogP contribution in [-0.4, -0.2) is 33.9 Å². The van der Waals surface area contributed by atoms with Gasteiger partial charge in [-0.2, -0.15) is 18.3 Å². The van der Waals surface area contributed by atoms with Crippen molar-refractivity contribution in [3.05, 3.63) is 17.5 Å². The van der Waals surface area contributed by atoms with Gasteiger partial charge in [-0.15, -0.1) is 0 Å². The zero-order valence-corrected chi connectivity index (χ0v) is 13.6. The summed E-state index contributed by atoms with van der Waals surface area (Å²) in [5.41, 5.74) is -0.965. The number of hydrogen-bond acceptors (Lipinski definition) is 3. The topological polar surface area (TPSA) is 67.2 Å². The number of carbonyl (C=O) groups excluding carboxylic acids is 1. The molecule has 2 rings (SSSR count). The van der Waals surface area contributed by atoms with E-state index in [1.165, 1.54) is 25.5 Å². The normalized spacial score (nSPS) is 16.3. The van der Waals surface area contributed by atoms with E-state index in [4.69, 9.17) is 5.11 Å². The minimum atomic E-state index is -4.56. The molecule has 1 fully saturated rings. The summed E-state index contributed by atoms with van der Waals surface area (Å²) in [6.45, 7) is 0.156. The molecule has 0 aliphatic heterocycles. The summed E-state index contributed by atoms with van der Waals surface area (Å²) in [4.78, 5) is 11.9. The largest absolute Gasteiger partial charge is 0.435 e. The SMILES string of the molecule is O=C(Cn1cc(CCCO)c(C(F)(F)F)n1)NCC1CCCCC1. The van der Waals surface area contributed by atoms with Gasteiger partial charge in [0, 0.05) is 24.9 Å². The zero-order valence-electron chi connectivity index (χ0n) is 13.6. The fourth-order valence-electron chi connectivity index (χ4n) is 3.09. The lowest BCUT2D eigenvalue weighted by atomic mass is 9.89. The lowest BCUT2D eigenvalue weighted by Gasteiger charge is -2.21. The summed E-state index contributed by atoms with van der Waals surface area (Å²) < 4.78 is 40.0. The van der Waals surface area contributed by atoms with E-state index in [-0.39, 0.29) is 37.5 Å². The number of amides is 1. The smallest absolute Gasteiger partial charge is 0.396 e. The molecule has 0 radical (unpaired) electrons. The molecule has 0 bridgehead atoms. The Morgan fingerprint density at radius 2 is 2.04 bits per heavy atom. The minimum Gasteiger partial charge on any atom is -0.396 e. The molecule has 8 heteroatoms.